The molecule has 2 aromatic carbocycles. The molecule has 0 aliphatic heterocycles. The highest BCUT2D eigenvalue weighted by molar-refractivity contribution is 7.92. The zero-order chi connectivity index (χ0) is 19.1. The van der Waals surface area contributed by atoms with Crippen molar-refractivity contribution in [2.24, 2.45) is 0 Å². The number of halogens is 1. The van der Waals surface area contributed by atoms with Crippen LogP contribution in [0, 0.1) is 27.7 Å². The van der Waals surface area contributed by atoms with E-state index in [0.717, 1.165) is 16.7 Å². The Morgan fingerprint density at radius 1 is 1.04 bits per heavy atom. The first-order chi connectivity index (χ1) is 12.2. The van der Waals surface area contributed by atoms with Crippen LogP contribution in [0.15, 0.2) is 45.8 Å². The zero-order valence-corrected chi connectivity index (χ0v) is 16.5. The minimum absolute atomic E-state index is 0.187. The molecule has 0 spiro atoms. The van der Waals surface area contributed by atoms with Crippen LogP contribution in [-0.4, -0.2) is 13.6 Å². The van der Waals surface area contributed by atoms with Crippen molar-refractivity contribution in [2.75, 3.05) is 4.72 Å². The van der Waals surface area contributed by atoms with Gasteiger partial charge in [0.15, 0.2) is 0 Å². The molecule has 7 heteroatoms. The molecule has 1 aromatic heterocycles. The number of anilines is 1. The molecule has 0 atom stereocenters. The minimum atomic E-state index is -3.80. The zero-order valence-electron chi connectivity index (χ0n) is 14.9. The minimum Gasteiger partial charge on any atom is -0.361 e. The molecule has 0 aliphatic carbocycles. The van der Waals surface area contributed by atoms with Crippen molar-refractivity contribution in [3.05, 3.63) is 64.0 Å². The fourth-order valence-electron chi connectivity index (χ4n) is 2.84. The maximum absolute atomic E-state index is 12.9. The summed E-state index contributed by atoms with van der Waals surface area (Å²) >= 11 is 6.17. The number of hydrogen-bond donors (Lipinski definition) is 1. The van der Waals surface area contributed by atoms with E-state index in [2.05, 4.69) is 9.88 Å². The lowest BCUT2D eigenvalue weighted by molar-refractivity contribution is 0.393. The van der Waals surface area contributed by atoms with E-state index in [1.54, 1.807) is 44.2 Å². The molecule has 0 bridgehead atoms. The Balaban J connectivity index is 2.06. The highest BCUT2D eigenvalue weighted by Gasteiger charge is 2.21. The van der Waals surface area contributed by atoms with E-state index in [0.29, 0.717) is 27.7 Å². The number of hydrogen-bond acceptors (Lipinski definition) is 4. The predicted octanol–water partition coefficient (Wildman–Crippen LogP) is 5.03. The standard InChI is InChI=1S/C19H19ClN2O3S/c1-11-5-8-17(16(20)9-11)22-26(23,24)18-10-15(7-6-12(18)2)19-13(3)21-25-14(19)4/h5-10,22H,1-4H3. The lowest BCUT2D eigenvalue weighted by Crippen LogP contribution is -2.14. The Labute approximate surface area is 158 Å². The molecule has 1 heterocycles. The number of nitrogens with one attached hydrogen (secondary N) is 1. The normalized spacial score (nSPS) is 11.6. The topological polar surface area (TPSA) is 72.2 Å². The van der Waals surface area contributed by atoms with E-state index < -0.39 is 10.0 Å². The molecule has 0 radical (unpaired) electrons. The van der Waals surface area contributed by atoms with Gasteiger partial charge < -0.3 is 4.52 Å². The Hall–Kier alpha value is -2.31. The van der Waals surface area contributed by atoms with Crippen LogP contribution in [0.3, 0.4) is 0 Å². The van der Waals surface area contributed by atoms with E-state index in [9.17, 15) is 8.42 Å². The summed E-state index contributed by atoms with van der Waals surface area (Å²) in [4.78, 5) is 0.187. The molecular weight excluding hydrogens is 372 g/mol. The number of aryl methyl sites for hydroxylation is 4. The van der Waals surface area contributed by atoms with Gasteiger partial charge in [-0.25, -0.2) is 8.42 Å². The summed E-state index contributed by atoms with van der Waals surface area (Å²) in [5.74, 6) is 0.643. The van der Waals surface area contributed by atoms with E-state index in [-0.39, 0.29) is 4.90 Å². The summed E-state index contributed by atoms with van der Waals surface area (Å²) in [6.45, 7) is 7.27. The monoisotopic (exact) mass is 390 g/mol. The van der Waals surface area contributed by atoms with Crippen LogP contribution >= 0.6 is 11.6 Å². The van der Waals surface area contributed by atoms with Crippen LogP contribution < -0.4 is 4.72 Å². The maximum atomic E-state index is 12.9. The summed E-state index contributed by atoms with van der Waals surface area (Å²) < 4.78 is 33.7. The number of nitrogens with zero attached hydrogens (tertiary/aromatic N) is 1. The fourth-order valence-corrected chi connectivity index (χ4v) is 4.53. The summed E-state index contributed by atoms with van der Waals surface area (Å²) in [7, 11) is -3.80. The third-order valence-electron chi connectivity index (χ3n) is 4.17. The van der Waals surface area contributed by atoms with Crippen molar-refractivity contribution in [3.8, 4) is 11.1 Å². The quantitative estimate of drug-likeness (QED) is 0.678. The summed E-state index contributed by atoms with van der Waals surface area (Å²) in [6, 6.07) is 10.4. The van der Waals surface area contributed by atoms with E-state index >= 15 is 0 Å². The van der Waals surface area contributed by atoms with Crippen LogP contribution in [0.2, 0.25) is 5.02 Å². The molecule has 3 rings (SSSR count). The highest BCUT2D eigenvalue weighted by atomic mass is 35.5. The third kappa shape index (κ3) is 3.48. The predicted molar refractivity (Wildman–Crippen MR) is 103 cm³/mol. The van der Waals surface area contributed by atoms with E-state index in [1.165, 1.54) is 0 Å². The van der Waals surface area contributed by atoms with Crippen LogP contribution in [-0.2, 0) is 10.0 Å². The van der Waals surface area contributed by atoms with Gasteiger partial charge in [0.2, 0.25) is 0 Å². The molecule has 26 heavy (non-hydrogen) atoms. The Morgan fingerprint density at radius 2 is 1.77 bits per heavy atom. The number of rotatable bonds is 4. The van der Waals surface area contributed by atoms with Crippen molar-refractivity contribution in [1.82, 2.24) is 5.16 Å². The largest absolute Gasteiger partial charge is 0.361 e. The van der Waals surface area contributed by atoms with Gasteiger partial charge in [-0.15, -0.1) is 0 Å². The third-order valence-corrected chi connectivity index (χ3v) is 5.99. The van der Waals surface area contributed by atoms with Crippen molar-refractivity contribution >= 4 is 27.3 Å². The van der Waals surface area contributed by atoms with E-state index in [4.69, 9.17) is 16.1 Å². The first kappa shape index (κ1) is 18.5. The lowest BCUT2D eigenvalue weighted by atomic mass is 10.0. The van der Waals surface area contributed by atoms with Crippen molar-refractivity contribution in [1.29, 1.82) is 0 Å². The van der Waals surface area contributed by atoms with Crippen LogP contribution in [0.5, 0.6) is 0 Å². The molecule has 0 amide bonds. The van der Waals surface area contributed by atoms with Crippen LogP contribution in [0.1, 0.15) is 22.6 Å². The summed E-state index contributed by atoms with van der Waals surface area (Å²) in [5, 5.41) is 4.29. The van der Waals surface area contributed by atoms with Crippen molar-refractivity contribution in [3.63, 3.8) is 0 Å². The second-order valence-electron chi connectivity index (χ2n) is 6.27. The number of aromatic nitrogens is 1. The molecule has 1 N–H and O–H groups in total. The summed E-state index contributed by atoms with van der Waals surface area (Å²) in [6.07, 6.45) is 0. The Bertz CT molecular complexity index is 1070. The average molecular weight is 391 g/mol. The van der Waals surface area contributed by atoms with Crippen LogP contribution in [0.4, 0.5) is 5.69 Å². The molecule has 0 saturated heterocycles. The van der Waals surface area contributed by atoms with Gasteiger partial charge in [0, 0.05) is 5.56 Å². The van der Waals surface area contributed by atoms with Gasteiger partial charge in [-0.3, -0.25) is 4.72 Å². The molecule has 0 fully saturated rings. The number of benzene rings is 2. The van der Waals surface area contributed by atoms with Crippen LogP contribution in [0.25, 0.3) is 11.1 Å². The lowest BCUT2D eigenvalue weighted by Gasteiger charge is -2.13. The van der Waals surface area contributed by atoms with Gasteiger partial charge in [-0.1, -0.05) is 35.0 Å². The average Bonchev–Trinajstić information content (AvgIpc) is 2.89. The van der Waals surface area contributed by atoms with Gasteiger partial charge >= 0.3 is 0 Å². The Morgan fingerprint density at radius 3 is 2.38 bits per heavy atom. The molecular formula is C19H19ClN2O3S. The SMILES string of the molecule is Cc1ccc(NS(=O)(=O)c2cc(-c3c(C)noc3C)ccc2C)c(Cl)c1. The number of sulfonamides is 1. The van der Waals surface area contributed by atoms with Gasteiger partial charge in [-0.2, -0.15) is 0 Å². The van der Waals surface area contributed by atoms with Gasteiger partial charge in [0.05, 0.1) is 21.3 Å². The van der Waals surface area contributed by atoms with Gasteiger partial charge in [0.25, 0.3) is 10.0 Å². The molecule has 0 aliphatic rings. The molecule has 3 aromatic rings. The van der Waals surface area contributed by atoms with Gasteiger partial charge in [-0.05, 0) is 62.6 Å². The second kappa shape index (κ2) is 6.78. The summed E-state index contributed by atoms with van der Waals surface area (Å²) in [5.41, 5.74) is 4.19. The van der Waals surface area contributed by atoms with Crippen molar-refractivity contribution < 1.29 is 12.9 Å². The second-order valence-corrected chi connectivity index (χ2v) is 8.33. The first-order valence-electron chi connectivity index (χ1n) is 8.02. The Kier molecular flexibility index (Phi) is 4.82. The highest BCUT2D eigenvalue weighted by Crippen LogP contribution is 2.32. The molecule has 136 valence electrons. The molecule has 0 unspecified atom stereocenters. The van der Waals surface area contributed by atoms with Gasteiger partial charge in [0.1, 0.15) is 5.76 Å². The van der Waals surface area contributed by atoms with Crippen molar-refractivity contribution in [2.45, 2.75) is 32.6 Å². The molecule has 0 saturated carbocycles. The fraction of sp³-hybridized carbons (Fsp3) is 0.211. The van der Waals surface area contributed by atoms with E-state index in [1.807, 2.05) is 19.9 Å². The maximum Gasteiger partial charge on any atom is 0.262 e. The molecule has 5 nitrogen and oxygen atoms in total. The smallest absolute Gasteiger partial charge is 0.262 e. The first-order valence-corrected chi connectivity index (χ1v) is 9.88.